The van der Waals surface area contributed by atoms with E-state index < -0.39 is 11.9 Å². The summed E-state index contributed by atoms with van der Waals surface area (Å²) in [6.07, 6.45) is -0.708. The first-order chi connectivity index (χ1) is 9.06. The third kappa shape index (κ3) is 3.45. The molecule has 0 aliphatic heterocycles. The Morgan fingerprint density at radius 1 is 1.16 bits per heavy atom. The van der Waals surface area contributed by atoms with Gasteiger partial charge in [-0.3, -0.25) is 0 Å². The largest absolute Gasteiger partial charge is 0.508 e. The lowest BCUT2D eigenvalue weighted by atomic mass is 10.1. The highest BCUT2D eigenvalue weighted by atomic mass is 19.1. The number of halogens is 1. The van der Waals surface area contributed by atoms with Crippen LogP contribution in [0.4, 0.5) is 4.39 Å². The lowest BCUT2D eigenvalue weighted by Gasteiger charge is -2.10. The highest BCUT2D eigenvalue weighted by Gasteiger charge is 2.08. The van der Waals surface area contributed by atoms with Gasteiger partial charge >= 0.3 is 0 Å². The number of hydrogen-bond acceptors (Lipinski definition) is 3. The van der Waals surface area contributed by atoms with Crippen LogP contribution in [0.3, 0.4) is 0 Å². The van der Waals surface area contributed by atoms with Gasteiger partial charge in [0.2, 0.25) is 0 Å². The van der Waals surface area contributed by atoms with Crippen molar-refractivity contribution >= 4 is 0 Å². The molecule has 0 aromatic heterocycles. The summed E-state index contributed by atoms with van der Waals surface area (Å²) in [4.78, 5) is 0. The Morgan fingerprint density at radius 3 is 2.42 bits per heavy atom. The van der Waals surface area contributed by atoms with Crippen molar-refractivity contribution in [1.82, 2.24) is 0 Å². The van der Waals surface area contributed by atoms with Crippen molar-refractivity contribution in [2.75, 3.05) is 0 Å². The van der Waals surface area contributed by atoms with E-state index >= 15 is 0 Å². The first kappa shape index (κ1) is 13.4. The summed E-state index contributed by atoms with van der Waals surface area (Å²) < 4.78 is 19.1. The molecule has 0 unspecified atom stereocenters. The van der Waals surface area contributed by atoms with Crippen LogP contribution < -0.4 is 4.74 Å². The summed E-state index contributed by atoms with van der Waals surface area (Å²) in [5.74, 6) is -0.189. The van der Waals surface area contributed by atoms with E-state index in [1.807, 2.05) is 0 Å². The number of ether oxygens (including phenoxy) is 1. The van der Waals surface area contributed by atoms with Gasteiger partial charge in [-0.05, 0) is 42.3 Å². The highest BCUT2D eigenvalue weighted by Crippen LogP contribution is 2.23. The number of hydrogen-bond donors (Lipinski definition) is 2. The molecule has 19 heavy (non-hydrogen) atoms. The number of phenols is 1. The molecule has 0 heterocycles. The summed E-state index contributed by atoms with van der Waals surface area (Å²) in [7, 11) is 0. The summed E-state index contributed by atoms with van der Waals surface area (Å²) in [6.45, 7) is 1.79. The van der Waals surface area contributed by atoms with Crippen molar-refractivity contribution in [1.29, 1.82) is 0 Å². The van der Waals surface area contributed by atoms with Crippen molar-refractivity contribution in [3.05, 3.63) is 59.4 Å². The van der Waals surface area contributed by atoms with Crippen LogP contribution in [0.25, 0.3) is 0 Å². The molecule has 0 saturated carbocycles. The topological polar surface area (TPSA) is 49.7 Å². The Morgan fingerprint density at radius 2 is 1.84 bits per heavy atom. The van der Waals surface area contributed by atoms with Crippen LogP contribution in [-0.2, 0) is 6.61 Å². The normalized spacial score (nSPS) is 12.2. The number of aromatic hydroxyl groups is 1. The van der Waals surface area contributed by atoms with Gasteiger partial charge in [-0.2, -0.15) is 0 Å². The minimum absolute atomic E-state index is 0.137. The van der Waals surface area contributed by atoms with E-state index in [0.29, 0.717) is 5.56 Å². The molecule has 2 aromatic rings. The molecule has 1 atom stereocenters. The third-order valence-electron chi connectivity index (χ3n) is 2.77. The SMILES string of the molecule is C[C@@H](O)c1ccc(OCc2ccc(O)cc2)c(F)c1. The molecule has 2 rings (SSSR count). The highest BCUT2D eigenvalue weighted by molar-refractivity contribution is 5.31. The van der Waals surface area contributed by atoms with Gasteiger partial charge in [0.1, 0.15) is 12.4 Å². The summed E-state index contributed by atoms with van der Waals surface area (Å²) >= 11 is 0. The van der Waals surface area contributed by atoms with E-state index in [2.05, 4.69) is 0 Å². The Bertz CT molecular complexity index is 550. The zero-order valence-electron chi connectivity index (χ0n) is 10.5. The van der Waals surface area contributed by atoms with Gasteiger partial charge in [-0.1, -0.05) is 18.2 Å². The van der Waals surface area contributed by atoms with Gasteiger partial charge in [0, 0.05) is 0 Å². The van der Waals surface area contributed by atoms with Crippen molar-refractivity contribution in [2.24, 2.45) is 0 Å². The molecule has 2 N–H and O–H groups in total. The van der Waals surface area contributed by atoms with Crippen LogP contribution in [0.5, 0.6) is 11.5 Å². The van der Waals surface area contributed by atoms with E-state index in [9.17, 15) is 9.50 Å². The minimum Gasteiger partial charge on any atom is -0.508 e. The summed E-state index contributed by atoms with van der Waals surface area (Å²) in [5, 5.41) is 18.5. The Hall–Kier alpha value is -2.07. The van der Waals surface area contributed by atoms with Gasteiger partial charge in [-0.15, -0.1) is 0 Å². The number of aliphatic hydroxyl groups is 1. The molecule has 2 aromatic carbocycles. The fourth-order valence-corrected chi connectivity index (χ4v) is 1.65. The van der Waals surface area contributed by atoms with Gasteiger partial charge in [0.25, 0.3) is 0 Å². The Kier molecular flexibility index (Phi) is 4.02. The molecule has 0 bridgehead atoms. The quantitative estimate of drug-likeness (QED) is 0.889. The molecule has 0 aliphatic carbocycles. The van der Waals surface area contributed by atoms with E-state index in [1.165, 1.54) is 12.1 Å². The molecular formula is C15H15FO3. The number of benzene rings is 2. The molecule has 0 aliphatic rings. The first-order valence-electron chi connectivity index (χ1n) is 5.94. The molecule has 0 amide bonds. The molecule has 4 heteroatoms. The van der Waals surface area contributed by atoms with Crippen molar-refractivity contribution in [3.63, 3.8) is 0 Å². The second-order valence-electron chi connectivity index (χ2n) is 4.32. The average molecular weight is 262 g/mol. The Labute approximate surface area is 110 Å². The molecule has 0 saturated heterocycles. The average Bonchev–Trinajstić information content (AvgIpc) is 2.39. The van der Waals surface area contributed by atoms with E-state index in [1.54, 1.807) is 37.3 Å². The van der Waals surface area contributed by atoms with E-state index in [0.717, 1.165) is 5.56 Å². The Balaban J connectivity index is 2.05. The maximum absolute atomic E-state index is 13.7. The van der Waals surface area contributed by atoms with Crippen molar-refractivity contribution in [3.8, 4) is 11.5 Å². The van der Waals surface area contributed by atoms with Crippen LogP contribution in [0.15, 0.2) is 42.5 Å². The zero-order valence-corrected chi connectivity index (χ0v) is 10.5. The van der Waals surface area contributed by atoms with Crippen LogP contribution in [0.2, 0.25) is 0 Å². The van der Waals surface area contributed by atoms with Gasteiger partial charge in [0.15, 0.2) is 11.6 Å². The zero-order chi connectivity index (χ0) is 13.8. The number of aliphatic hydroxyl groups excluding tert-OH is 1. The molecular weight excluding hydrogens is 247 g/mol. The molecule has 0 radical (unpaired) electrons. The van der Waals surface area contributed by atoms with Crippen LogP contribution >= 0.6 is 0 Å². The number of phenolic OH excluding ortho intramolecular Hbond substituents is 1. The summed E-state index contributed by atoms with van der Waals surface area (Å²) in [5.41, 5.74) is 1.34. The smallest absolute Gasteiger partial charge is 0.165 e. The maximum Gasteiger partial charge on any atom is 0.165 e. The molecule has 3 nitrogen and oxygen atoms in total. The molecule has 100 valence electrons. The lowest BCUT2D eigenvalue weighted by molar-refractivity contribution is 0.198. The van der Waals surface area contributed by atoms with Crippen LogP contribution in [0.1, 0.15) is 24.2 Å². The van der Waals surface area contributed by atoms with Gasteiger partial charge < -0.3 is 14.9 Å². The van der Waals surface area contributed by atoms with Gasteiger partial charge in [0.05, 0.1) is 6.10 Å². The fourth-order valence-electron chi connectivity index (χ4n) is 1.65. The summed E-state index contributed by atoms with van der Waals surface area (Å²) in [6, 6.07) is 10.9. The van der Waals surface area contributed by atoms with E-state index in [4.69, 9.17) is 9.84 Å². The monoisotopic (exact) mass is 262 g/mol. The molecule has 0 fully saturated rings. The minimum atomic E-state index is -0.708. The van der Waals surface area contributed by atoms with Crippen LogP contribution in [-0.4, -0.2) is 10.2 Å². The second-order valence-corrected chi connectivity index (χ2v) is 4.32. The maximum atomic E-state index is 13.7. The lowest BCUT2D eigenvalue weighted by Crippen LogP contribution is -1.99. The number of rotatable bonds is 4. The van der Waals surface area contributed by atoms with Gasteiger partial charge in [-0.25, -0.2) is 4.39 Å². The standard InChI is InChI=1S/C15H15FO3/c1-10(17)12-4-7-15(14(16)8-12)19-9-11-2-5-13(18)6-3-11/h2-8,10,17-18H,9H2,1H3/t10-/m1/s1. The first-order valence-corrected chi connectivity index (χ1v) is 5.94. The predicted molar refractivity (Wildman–Crippen MR) is 69.5 cm³/mol. The van der Waals surface area contributed by atoms with Crippen molar-refractivity contribution in [2.45, 2.75) is 19.6 Å². The van der Waals surface area contributed by atoms with E-state index in [-0.39, 0.29) is 18.1 Å². The van der Waals surface area contributed by atoms with Crippen molar-refractivity contribution < 1.29 is 19.3 Å². The third-order valence-corrected chi connectivity index (χ3v) is 2.77. The fraction of sp³-hybridized carbons (Fsp3) is 0.200. The predicted octanol–water partition coefficient (Wildman–Crippen LogP) is 3.16. The second kappa shape index (κ2) is 5.71. The molecule has 0 spiro atoms. The van der Waals surface area contributed by atoms with Crippen LogP contribution in [0, 0.1) is 5.82 Å².